The van der Waals surface area contributed by atoms with Crippen LogP contribution in [-0.2, 0) is 17.6 Å². The van der Waals surface area contributed by atoms with E-state index in [0.29, 0.717) is 11.6 Å². The summed E-state index contributed by atoms with van der Waals surface area (Å²) in [4.78, 5) is 12.1. The molecule has 0 aliphatic heterocycles. The number of hydrogen-bond acceptors (Lipinski definition) is 5. The Kier molecular flexibility index (Phi) is 3.10. The molecular weight excluding hydrogens is 204 g/mol. The lowest BCUT2D eigenvalue weighted by molar-refractivity contribution is -0.138. The number of rotatable bonds is 4. The highest BCUT2D eigenvalue weighted by Crippen LogP contribution is 2.26. The van der Waals surface area contributed by atoms with Gasteiger partial charge in [0.25, 0.3) is 0 Å². The van der Waals surface area contributed by atoms with E-state index in [1.807, 2.05) is 0 Å². The van der Waals surface area contributed by atoms with Crippen LogP contribution in [0.1, 0.15) is 19.7 Å². The second-order valence-electron chi connectivity index (χ2n) is 3.30. The third-order valence-corrected chi connectivity index (χ3v) is 2.93. The number of carbonyl (C=O) groups is 1. The van der Waals surface area contributed by atoms with Gasteiger partial charge in [0.05, 0.1) is 12.8 Å². The number of nitrogens with zero attached hydrogens (tertiary/aromatic N) is 4. The zero-order valence-corrected chi connectivity index (χ0v) is 9.08. The summed E-state index contributed by atoms with van der Waals surface area (Å²) in [7, 11) is 1.67. The summed E-state index contributed by atoms with van der Waals surface area (Å²) in [5.74, 6) is 0.158. The van der Waals surface area contributed by atoms with Gasteiger partial charge in [0, 0.05) is 0 Å². The molecule has 0 aliphatic carbocycles. The Bertz CT molecular complexity index is 336. The topological polar surface area (TPSA) is 80.9 Å². The van der Waals surface area contributed by atoms with Gasteiger partial charge in [-0.25, -0.2) is 0 Å². The Labute approximate surface area is 85.7 Å². The molecule has 0 saturated carbocycles. The largest absolute Gasteiger partial charge is 0.480 e. The highest BCUT2D eigenvalue weighted by molar-refractivity contribution is 8.00. The summed E-state index contributed by atoms with van der Waals surface area (Å²) in [5.41, 5.74) is 0. The van der Waals surface area contributed by atoms with Crippen molar-refractivity contribution in [3.05, 3.63) is 5.82 Å². The van der Waals surface area contributed by atoms with Crippen molar-refractivity contribution in [1.29, 1.82) is 0 Å². The van der Waals surface area contributed by atoms with Crippen LogP contribution in [0.25, 0.3) is 0 Å². The lowest BCUT2D eigenvalue weighted by Gasteiger charge is -2.16. The van der Waals surface area contributed by atoms with Crippen LogP contribution in [0.15, 0.2) is 0 Å². The summed E-state index contributed by atoms with van der Waals surface area (Å²) >= 11 is 1.28. The van der Waals surface area contributed by atoms with Gasteiger partial charge in [-0.2, -0.15) is 4.80 Å². The van der Waals surface area contributed by atoms with Crippen LogP contribution in [0.5, 0.6) is 0 Å². The standard InChI is InChI=1S/C7H12N4O2S/c1-7(2,6(12)13)14-4-5-8-10-11(3)9-5/h4H2,1-3H3,(H,12,13). The number of carboxylic acid groups (broad SMARTS) is 1. The van der Waals surface area contributed by atoms with Crippen LogP contribution in [0.3, 0.4) is 0 Å². The summed E-state index contributed by atoms with van der Waals surface area (Å²) in [5, 5.41) is 20.2. The second kappa shape index (κ2) is 3.95. The fourth-order valence-electron chi connectivity index (χ4n) is 0.688. The van der Waals surface area contributed by atoms with E-state index in [2.05, 4.69) is 15.4 Å². The predicted molar refractivity (Wildman–Crippen MR) is 51.8 cm³/mol. The third-order valence-electron chi connectivity index (χ3n) is 1.63. The Balaban J connectivity index is 2.52. The lowest BCUT2D eigenvalue weighted by Crippen LogP contribution is -2.27. The molecule has 1 aromatic rings. The van der Waals surface area contributed by atoms with Gasteiger partial charge in [0.1, 0.15) is 4.75 Å². The number of hydrogen-bond donors (Lipinski definition) is 1. The summed E-state index contributed by atoms with van der Waals surface area (Å²) in [6.45, 7) is 3.30. The molecule has 0 spiro atoms. The molecule has 6 nitrogen and oxygen atoms in total. The minimum Gasteiger partial charge on any atom is -0.480 e. The van der Waals surface area contributed by atoms with E-state index in [1.165, 1.54) is 16.6 Å². The minimum absolute atomic E-state index is 0.452. The summed E-state index contributed by atoms with van der Waals surface area (Å²) in [6.07, 6.45) is 0. The van der Waals surface area contributed by atoms with Crippen LogP contribution in [0.4, 0.5) is 0 Å². The molecule has 0 unspecified atom stereocenters. The minimum atomic E-state index is -0.841. The molecule has 0 amide bonds. The summed E-state index contributed by atoms with van der Waals surface area (Å²) in [6, 6.07) is 0. The molecule has 78 valence electrons. The van der Waals surface area contributed by atoms with Gasteiger partial charge in [-0.3, -0.25) is 4.79 Å². The van der Waals surface area contributed by atoms with E-state index < -0.39 is 10.7 Å². The Morgan fingerprint density at radius 3 is 2.71 bits per heavy atom. The molecule has 0 fully saturated rings. The quantitative estimate of drug-likeness (QED) is 0.780. The van der Waals surface area contributed by atoms with Gasteiger partial charge in [-0.05, 0) is 19.1 Å². The van der Waals surface area contributed by atoms with E-state index in [-0.39, 0.29) is 0 Å². The van der Waals surface area contributed by atoms with Crippen molar-refractivity contribution in [2.24, 2.45) is 7.05 Å². The molecule has 0 aliphatic rings. The van der Waals surface area contributed by atoms with E-state index in [9.17, 15) is 4.79 Å². The first kappa shape index (κ1) is 11.0. The van der Waals surface area contributed by atoms with Crippen molar-refractivity contribution in [3.63, 3.8) is 0 Å². The highest BCUT2D eigenvalue weighted by atomic mass is 32.2. The van der Waals surface area contributed by atoms with Crippen LogP contribution in [0.2, 0.25) is 0 Å². The van der Waals surface area contributed by atoms with E-state index in [1.54, 1.807) is 20.9 Å². The highest BCUT2D eigenvalue weighted by Gasteiger charge is 2.28. The van der Waals surface area contributed by atoms with Gasteiger partial charge in [0.15, 0.2) is 5.82 Å². The van der Waals surface area contributed by atoms with Crippen molar-refractivity contribution in [2.45, 2.75) is 24.3 Å². The smallest absolute Gasteiger partial charge is 0.319 e. The molecule has 0 aromatic carbocycles. The maximum absolute atomic E-state index is 10.8. The van der Waals surface area contributed by atoms with Crippen molar-refractivity contribution in [3.8, 4) is 0 Å². The molecule has 0 radical (unpaired) electrons. The van der Waals surface area contributed by atoms with Gasteiger partial charge in [0.2, 0.25) is 0 Å². The molecule has 0 atom stereocenters. The van der Waals surface area contributed by atoms with Gasteiger partial charge < -0.3 is 5.11 Å². The number of thioether (sulfide) groups is 1. The van der Waals surface area contributed by atoms with Crippen molar-refractivity contribution in [2.75, 3.05) is 0 Å². The zero-order chi connectivity index (χ0) is 10.8. The maximum Gasteiger partial charge on any atom is 0.319 e. The van der Waals surface area contributed by atoms with Crippen LogP contribution < -0.4 is 0 Å². The molecule has 1 heterocycles. The van der Waals surface area contributed by atoms with Crippen LogP contribution in [0, 0.1) is 0 Å². The zero-order valence-electron chi connectivity index (χ0n) is 8.26. The van der Waals surface area contributed by atoms with E-state index in [4.69, 9.17) is 5.11 Å². The van der Waals surface area contributed by atoms with Crippen molar-refractivity contribution >= 4 is 17.7 Å². The number of aromatic nitrogens is 4. The average Bonchev–Trinajstić information content (AvgIpc) is 2.48. The number of carboxylic acids is 1. The number of aliphatic carboxylic acids is 1. The van der Waals surface area contributed by atoms with Crippen LogP contribution >= 0.6 is 11.8 Å². The first-order valence-electron chi connectivity index (χ1n) is 4.02. The molecule has 1 aromatic heterocycles. The Hall–Kier alpha value is -1.11. The lowest BCUT2D eigenvalue weighted by atomic mass is 10.2. The predicted octanol–water partition coefficient (Wildman–Crippen LogP) is 0.306. The first-order chi connectivity index (χ1) is 6.42. The average molecular weight is 216 g/mol. The Morgan fingerprint density at radius 1 is 1.64 bits per heavy atom. The van der Waals surface area contributed by atoms with E-state index >= 15 is 0 Å². The van der Waals surface area contributed by atoms with Gasteiger partial charge in [-0.1, -0.05) is 0 Å². The van der Waals surface area contributed by atoms with Crippen LogP contribution in [-0.4, -0.2) is 36.0 Å². The van der Waals surface area contributed by atoms with Gasteiger partial charge in [-0.15, -0.1) is 22.0 Å². The molecule has 0 saturated heterocycles. The normalized spacial score (nSPS) is 11.6. The van der Waals surface area contributed by atoms with Gasteiger partial charge >= 0.3 is 5.97 Å². The molecule has 1 N–H and O–H groups in total. The fourth-order valence-corrected chi connectivity index (χ4v) is 1.42. The fraction of sp³-hybridized carbons (Fsp3) is 0.714. The number of tetrazole rings is 1. The number of aryl methyl sites for hydroxylation is 1. The first-order valence-corrected chi connectivity index (χ1v) is 5.00. The third kappa shape index (κ3) is 2.69. The molecule has 14 heavy (non-hydrogen) atoms. The maximum atomic E-state index is 10.8. The van der Waals surface area contributed by atoms with E-state index in [0.717, 1.165) is 0 Å². The molecule has 1 rings (SSSR count). The molecule has 7 heteroatoms. The van der Waals surface area contributed by atoms with Crippen molar-refractivity contribution < 1.29 is 9.90 Å². The molecule has 0 bridgehead atoms. The Morgan fingerprint density at radius 2 is 2.29 bits per heavy atom. The molecular formula is C7H12N4O2S. The monoisotopic (exact) mass is 216 g/mol. The second-order valence-corrected chi connectivity index (χ2v) is 4.90. The summed E-state index contributed by atoms with van der Waals surface area (Å²) < 4.78 is -0.820. The van der Waals surface area contributed by atoms with Crippen molar-refractivity contribution in [1.82, 2.24) is 20.2 Å². The SMILES string of the molecule is Cn1nnc(CSC(C)(C)C(=O)O)n1.